The first-order valence-corrected chi connectivity index (χ1v) is 7.42. The van der Waals surface area contributed by atoms with Gasteiger partial charge in [-0.15, -0.1) is 0 Å². The summed E-state index contributed by atoms with van der Waals surface area (Å²) in [4.78, 5) is 11.2. The predicted molar refractivity (Wildman–Crippen MR) is 83.6 cm³/mol. The van der Waals surface area contributed by atoms with E-state index in [1.165, 1.54) is 11.6 Å². The van der Waals surface area contributed by atoms with Crippen molar-refractivity contribution in [1.82, 2.24) is 0 Å². The Morgan fingerprint density at radius 2 is 1.65 bits per heavy atom. The van der Waals surface area contributed by atoms with Gasteiger partial charge in [-0.3, -0.25) is 4.79 Å². The smallest absolute Gasteiger partial charge is 0.399 e. The Bertz CT molecular complexity index is 718. The summed E-state index contributed by atoms with van der Waals surface area (Å²) in [6.07, 6.45) is -5.16. The van der Waals surface area contributed by atoms with E-state index in [1.54, 1.807) is 12.1 Å². The highest BCUT2D eigenvalue weighted by Crippen LogP contribution is 2.31. The van der Waals surface area contributed by atoms with Crippen LogP contribution in [0.1, 0.15) is 39.2 Å². The molecule has 0 fully saturated rings. The molecule has 0 aromatic heterocycles. The maximum Gasteiger partial charge on any atom is 0.399 e. The zero-order valence-corrected chi connectivity index (χ0v) is 13.3. The number of hydrogen-bond acceptors (Lipinski definition) is 2. The number of hydrogen-bond donors (Lipinski definition) is 0. The summed E-state index contributed by atoms with van der Waals surface area (Å²) in [5, 5.41) is 1.78. The van der Waals surface area contributed by atoms with E-state index in [1.807, 2.05) is 12.1 Å². The maximum atomic E-state index is 12.2. The lowest BCUT2D eigenvalue weighted by Gasteiger charge is -2.23. The highest BCUT2D eigenvalue weighted by atomic mass is 19.4. The van der Waals surface area contributed by atoms with Gasteiger partial charge < -0.3 is 4.74 Å². The Kier molecular flexibility index (Phi) is 4.68. The van der Waals surface area contributed by atoms with Gasteiger partial charge in [-0.05, 0) is 40.3 Å². The molecular formula is C18H19F3O2. The number of alkyl halides is 3. The van der Waals surface area contributed by atoms with Crippen LogP contribution in [-0.4, -0.2) is 12.1 Å². The summed E-state index contributed by atoms with van der Waals surface area (Å²) in [7, 11) is 0. The van der Waals surface area contributed by atoms with Crippen LogP contribution in [0.5, 0.6) is 5.75 Å². The predicted octanol–water partition coefficient (Wildman–Crippen LogP) is 5.39. The Morgan fingerprint density at radius 3 is 2.26 bits per heavy atom. The van der Waals surface area contributed by atoms with Gasteiger partial charge in [0.05, 0.1) is 0 Å². The van der Waals surface area contributed by atoms with Crippen molar-refractivity contribution in [2.45, 2.75) is 45.2 Å². The van der Waals surface area contributed by atoms with Gasteiger partial charge in [0.15, 0.2) is 0 Å². The van der Waals surface area contributed by atoms with Crippen LogP contribution >= 0.6 is 0 Å². The summed E-state index contributed by atoms with van der Waals surface area (Å²) in [5.41, 5.74) is 1.24. The standard InChI is InChI=1S/C18H19F3O2/c1-4-17(2,3)14-7-5-13-10-15(8-6-12(13)9-14)23-16(22)11-18(19,20)21/h5-10H,4,11H2,1-3H3. The highest BCUT2D eigenvalue weighted by molar-refractivity contribution is 5.85. The van der Waals surface area contributed by atoms with Crippen LogP contribution in [0.4, 0.5) is 13.2 Å². The van der Waals surface area contributed by atoms with E-state index in [0.717, 1.165) is 17.2 Å². The molecule has 23 heavy (non-hydrogen) atoms. The zero-order chi connectivity index (χ0) is 17.3. The second-order valence-corrected chi connectivity index (χ2v) is 6.23. The number of carbonyl (C=O) groups excluding carboxylic acids is 1. The van der Waals surface area contributed by atoms with Gasteiger partial charge in [0.2, 0.25) is 0 Å². The summed E-state index contributed by atoms with van der Waals surface area (Å²) < 4.78 is 41.2. The maximum absolute atomic E-state index is 12.2. The molecule has 0 amide bonds. The molecule has 0 saturated heterocycles. The average Bonchev–Trinajstić information content (AvgIpc) is 2.44. The second-order valence-electron chi connectivity index (χ2n) is 6.23. The molecule has 2 nitrogen and oxygen atoms in total. The minimum Gasteiger partial charge on any atom is -0.426 e. The Labute approximate surface area is 133 Å². The third-order valence-electron chi connectivity index (χ3n) is 4.05. The lowest BCUT2D eigenvalue weighted by atomic mass is 9.81. The number of halogens is 3. The quantitative estimate of drug-likeness (QED) is 0.557. The van der Waals surface area contributed by atoms with Crippen LogP contribution in [0.15, 0.2) is 36.4 Å². The third kappa shape index (κ3) is 4.47. The van der Waals surface area contributed by atoms with Crippen LogP contribution < -0.4 is 4.74 Å². The normalized spacial score (nSPS) is 12.4. The average molecular weight is 324 g/mol. The molecule has 0 saturated carbocycles. The number of benzene rings is 2. The lowest BCUT2D eigenvalue weighted by Crippen LogP contribution is -2.19. The summed E-state index contributed by atoms with van der Waals surface area (Å²) in [6.45, 7) is 6.43. The minimum absolute atomic E-state index is 0.0477. The van der Waals surface area contributed by atoms with Crippen LogP contribution in [0, 0.1) is 0 Å². The first-order chi connectivity index (χ1) is 10.6. The molecule has 2 rings (SSSR count). The number of esters is 1. The molecule has 0 unspecified atom stereocenters. The Balaban J connectivity index is 2.23. The second kappa shape index (κ2) is 6.22. The molecule has 0 heterocycles. The van der Waals surface area contributed by atoms with Gasteiger partial charge in [-0.2, -0.15) is 13.2 Å². The van der Waals surface area contributed by atoms with Gasteiger partial charge in [-0.1, -0.05) is 45.0 Å². The number of fused-ring (bicyclic) bond motifs is 1. The van der Waals surface area contributed by atoms with Crippen LogP contribution in [0.2, 0.25) is 0 Å². The van der Waals surface area contributed by atoms with E-state index >= 15 is 0 Å². The van der Waals surface area contributed by atoms with E-state index < -0.39 is 18.6 Å². The van der Waals surface area contributed by atoms with Crippen molar-refractivity contribution in [2.75, 3.05) is 0 Å². The topological polar surface area (TPSA) is 26.3 Å². The van der Waals surface area contributed by atoms with E-state index in [2.05, 4.69) is 26.8 Å². The van der Waals surface area contributed by atoms with Crippen LogP contribution in [0.3, 0.4) is 0 Å². The molecule has 0 N–H and O–H groups in total. The molecule has 2 aromatic carbocycles. The van der Waals surface area contributed by atoms with Gasteiger partial charge in [0.1, 0.15) is 12.2 Å². The molecular weight excluding hydrogens is 305 g/mol. The van der Waals surface area contributed by atoms with Crippen LogP contribution in [-0.2, 0) is 10.2 Å². The van der Waals surface area contributed by atoms with E-state index in [4.69, 9.17) is 4.74 Å². The van der Waals surface area contributed by atoms with Gasteiger partial charge in [0.25, 0.3) is 0 Å². The van der Waals surface area contributed by atoms with Gasteiger partial charge in [-0.25, -0.2) is 0 Å². The summed E-state index contributed by atoms with van der Waals surface area (Å²) >= 11 is 0. The van der Waals surface area contributed by atoms with Gasteiger partial charge >= 0.3 is 12.1 Å². The summed E-state index contributed by atoms with van der Waals surface area (Å²) in [6, 6.07) is 10.8. The molecule has 0 aliphatic rings. The van der Waals surface area contributed by atoms with Crippen LogP contribution in [0.25, 0.3) is 10.8 Å². The monoisotopic (exact) mass is 324 g/mol. The van der Waals surface area contributed by atoms with Crippen molar-refractivity contribution < 1.29 is 22.7 Å². The van der Waals surface area contributed by atoms with E-state index in [0.29, 0.717) is 0 Å². The third-order valence-corrected chi connectivity index (χ3v) is 4.05. The molecule has 0 aliphatic heterocycles. The Hall–Kier alpha value is -2.04. The molecule has 0 bridgehead atoms. The van der Waals surface area contributed by atoms with Crippen molar-refractivity contribution in [1.29, 1.82) is 0 Å². The lowest BCUT2D eigenvalue weighted by molar-refractivity contribution is -0.163. The number of rotatable bonds is 4. The van der Waals surface area contributed by atoms with Crippen molar-refractivity contribution in [3.8, 4) is 5.75 Å². The summed E-state index contributed by atoms with van der Waals surface area (Å²) in [5.74, 6) is -1.19. The molecule has 5 heteroatoms. The largest absolute Gasteiger partial charge is 0.426 e. The van der Waals surface area contributed by atoms with Crippen molar-refractivity contribution in [2.24, 2.45) is 0 Å². The number of carbonyl (C=O) groups is 1. The fourth-order valence-corrected chi connectivity index (χ4v) is 2.24. The van der Waals surface area contributed by atoms with Gasteiger partial charge in [0, 0.05) is 0 Å². The molecule has 0 aliphatic carbocycles. The molecule has 0 atom stereocenters. The minimum atomic E-state index is -4.56. The fraction of sp³-hybridized carbons (Fsp3) is 0.389. The van der Waals surface area contributed by atoms with E-state index in [9.17, 15) is 18.0 Å². The SMILES string of the molecule is CCC(C)(C)c1ccc2cc(OC(=O)CC(F)(F)F)ccc2c1. The highest BCUT2D eigenvalue weighted by Gasteiger charge is 2.32. The van der Waals surface area contributed by atoms with Crippen molar-refractivity contribution >= 4 is 16.7 Å². The first-order valence-electron chi connectivity index (χ1n) is 7.42. The Morgan fingerprint density at radius 1 is 1.04 bits per heavy atom. The van der Waals surface area contributed by atoms with E-state index in [-0.39, 0.29) is 11.2 Å². The molecule has 2 aromatic rings. The van der Waals surface area contributed by atoms with Crippen molar-refractivity contribution in [3.05, 3.63) is 42.0 Å². The number of ether oxygens (including phenoxy) is 1. The molecule has 0 spiro atoms. The zero-order valence-electron chi connectivity index (χ0n) is 13.3. The molecule has 0 radical (unpaired) electrons. The fourth-order valence-electron chi connectivity index (χ4n) is 2.24. The van der Waals surface area contributed by atoms with Crippen molar-refractivity contribution in [3.63, 3.8) is 0 Å². The molecule has 124 valence electrons. The first kappa shape index (κ1) is 17.3.